The molecular formula is C14H18N2O4S. The van der Waals surface area contributed by atoms with Gasteiger partial charge in [-0.05, 0) is 19.1 Å². The Hall–Kier alpha value is -1.73. The molecule has 0 saturated heterocycles. The molecule has 21 heavy (non-hydrogen) atoms. The van der Waals surface area contributed by atoms with Gasteiger partial charge in [-0.25, -0.2) is 4.98 Å². The third-order valence-electron chi connectivity index (χ3n) is 2.91. The van der Waals surface area contributed by atoms with Crippen molar-refractivity contribution < 1.29 is 19.4 Å². The predicted molar refractivity (Wildman–Crippen MR) is 81.1 cm³/mol. The summed E-state index contributed by atoms with van der Waals surface area (Å²) in [5.41, 5.74) is 1.74. The van der Waals surface area contributed by atoms with Crippen LogP contribution in [-0.2, 0) is 16.1 Å². The maximum absolute atomic E-state index is 10.8. The third kappa shape index (κ3) is 3.89. The minimum absolute atomic E-state index is 0.0188. The smallest absolute Gasteiger partial charge is 0.313 e. The third-order valence-corrected chi connectivity index (χ3v) is 3.87. The molecule has 0 aliphatic rings. The van der Waals surface area contributed by atoms with Crippen LogP contribution in [0.5, 0.6) is 5.75 Å². The van der Waals surface area contributed by atoms with Gasteiger partial charge < -0.3 is 19.1 Å². The van der Waals surface area contributed by atoms with Gasteiger partial charge in [0.15, 0.2) is 5.16 Å². The van der Waals surface area contributed by atoms with Gasteiger partial charge >= 0.3 is 5.97 Å². The molecular weight excluding hydrogens is 292 g/mol. The summed E-state index contributed by atoms with van der Waals surface area (Å²) < 4.78 is 12.6. The van der Waals surface area contributed by atoms with Crippen LogP contribution in [0, 0.1) is 0 Å². The Labute approximate surface area is 127 Å². The standard InChI is InChI=1S/C14H18N2O4S/c1-3-20-7-6-16-12-5-4-10(19-2)8-11(12)15-14(16)21-9-13(17)18/h4-5,8H,3,6-7,9H2,1-2H3,(H,17,18). The summed E-state index contributed by atoms with van der Waals surface area (Å²) in [4.78, 5) is 15.3. The van der Waals surface area contributed by atoms with Gasteiger partial charge in [-0.3, -0.25) is 4.79 Å². The largest absolute Gasteiger partial charge is 0.497 e. The van der Waals surface area contributed by atoms with E-state index in [0.29, 0.717) is 24.9 Å². The lowest BCUT2D eigenvalue weighted by Crippen LogP contribution is -2.08. The fraction of sp³-hybridized carbons (Fsp3) is 0.429. The van der Waals surface area contributed by atoms with Crippen molar-refractivity contribution in [2.24, 2.45) is 0 Å². The summed E-state index contributed by atoms with van der Waals surface area (Å²) in [5.74, 6) is -0.150. The van der Waals surface area contributed by atoms with E-state index in [0.717, 1.165) is 16.8 Å². The minimum atomic E-state index is -0.860. The van der Waals surface area contributed by atoms with Crippen molar-refractivity contribution in [3.63, 3.8) is 0 Å². The molecule has 0 radical (unpaired) electrons. The molecule has 2 aromatic rings. The highest BCUT2D eigenvalue weighted by molar-refractivity contribution is 7.99. The number of benzene rings is 1. The Morgan fingerprint density at radius 1 is 1.48 bits per heavy atom. The number of rotatable bonds is 8. The van der Waals surface area contributed by atoms with Gasteiger partial charge in [-0.15, -0.1) is 0 Å². The Kier molecular flexibility index (Phi) is 5.46. The summed E-state index contributed by atoms with van der Waals surface area (Å²) in [6.45, 7) is 3.79. The van der Waals surface area contributed by atoms with E-state index in [1.54, 1.807) is 7.11 Å². The number of methoxy groups -OCH3 is 1. The Morgan fingerprint density at radius 3 is 2.95 bits per heavy atom. The first-order valence-corrected chi connectivity index (χ1v) is 7.61. The summed E-state index contributed by atoms with van der Waals surface area (Å²) in [5, 5.41) is 9.52. The van der Waals surface area contributed by atoms with Gasteiger partial charge in [-0.1, -0.05) is 11.8 Å². The number of carbonyl (C=O) groups is 1. The number of carboxylic acids is 1. The number of aliphatic carboxylic acids is 1. The van der Waals surface area contributed by atoms with E-state index in [9.17, 15) is 4.79 Å². The number of aromatic nitrogens is 2. The van der Waals surface area contributed by atoms with Crippen molar-refractivity contribution in [3.05, 3.63) is 18.2 Å². The van der Waals surface area contributed by atoms with E-state index < -0.39 is 5.97 Å². The molecule has 0 fully saturated rings. The highest BCUT2D eigenvalue weighted by atomic mass is 32.2. The van der Waals surface area contributed by atoms with Crippen LogP contribution in [0.3, 0.4) is 0 Å². The Bertz CT molecular complexity index is 627. The van der Waals surface area contributed by atoms with Gasteiger partial charge in [-0.2, -0.15) is 0 Å². The van der Waals surface area contributed by atoms with Gasteiger partial charge in [0.05, 0.1) is 30.5 Å². The van der Waals surface area contributed by atoms with Gasteiger partial charge in [0.1, 0.15) is 5.75 Å². The quantitative estimate of drug-likeness (QED) is 0.595. The van der Waals surface area contributed by atoms with E-state index in [-0.39, 0.29) is 5.75 Å². The molecule has 0 aliphatic heterocycles. The van der Waals surface area contributed by atoms with Crippen molar-refractivity contribution >= 4 is 28.8 Å². The van der Waals surface area contributed by atoms with E-state index in [1.807, 2.05) is 29.7 Å². The number of imidazole rings is 1. The van der Waals surface area contributed by atoms with Crippen LogP contribution < -0.4 is 4.74 Å². The summed E-state index contributed by atoms with van der Waals surface area (Å²) in [6, 6.07) is 5.64. The Morgan fingerprint density at radius 2 is 2.29 bits per heavy atom. The maximum atomic E-state index is 10.8. The van der Waals surface area contributed by atoms with Crippen molar-refractivity contribution in [2.45, 2.75) is 18.6 Å². The van der Waals surface area contributed by atoms with Crippen LogP contribution in [0.4, 0.5) is 0 Å². The van der Waals surface area contributed by atoms with Crippen LogP contribution in [0.25, 0.3) is 11.0 Å². The lowest BCUT2D eigenvalue weighted by Gasteiger charge is -2.08. The van der Waals surface area contributed by atoms with E-state index >= 15 is 0 Å². The molecule has 7 heteroatoms. The molecule has 0 saturated carbocycles. The molecule has 2 rings (SSSR count). The maximum Gasteiger partial charge on any atom is 0.313 e. The fourth-order valence-corrected chi connectivity index (χ4v) is 2.73. The molecule has 0 atom stereocenters. The normalized spacial score (nSPS) is 11.0. The molecule has 0 spiro atoms. The molecule has 1 heterocycles. The molecule has 6 nitrogen and oxygen atoms in total. The first-order valence-electron chi connectivity index (χ1n) is 6.62. The average molecular weight is 310 g/mol. The van der Waals surface area contributed by atoms with E-state index in [4.69, 9.17) is 14.6 Å². The van der Waals surface area contributed by atoms with E-state index in [1.165, 1.54) is 11.8 Å². The molecule has 0 unspecified atom stereocenters. The second kappa shape index (κ2) is 7.33. The number of ether oxygens (including phenoxy) is 2. The number of nitrogens with zero attached hydrogens (tertiary/aromatic N) is 2. The number of carboxylic acid groups (broad SMARTS) is 1. The van der Waals surface area contributed by atoms with E-state index in [2.05, 4.69) is 4.98 Å². The Balaban J connectivity index is 2.33. The van der Waals surface area contributed by atoms with Crippen molar-refractivity contribution in [1.29, 1.82) is 0 Å². The zero-order chi connectivity index (χ0) is 15.2. The van der Waals surface area contributed by atoms with Crippen LogP contribution in [-0.4, -0.2) is 46.7 Å². The van der Waals surface area contributed by atoms with Gasteiger partial charge in [0.2, 0.25) is 0 Å². The minimum Gasteiger partial charge on any atom is -0.497 e. The zero-order valence-corrected chi connectivity index (χ0v) is 12.9. The second-order valence-electron chi connectivity index (χ2n) is 4.28. The highest BCUT2D eigenvalue weighted by Gasteiger charge is 2.13. The predicted octanol–water partition coefficient (Wildman–Crippen LogP) is 2.26. The number of thioether (sulfide) groups is 1. The van der Waals surface area contributed by atoms with Crippen LogP contribution in [0.15, 0.2) is 23.4 Å². The molecule has 0 aliphatic carbocycles. The SMILES string of the molecule is CCOCCn1c(SCC(=O)O)nc2cc(OC)ccc21. The second-order valence-corrected chi connectivity index (χ2v) is 5.22. The fourth-order valence-electron chi connectivity index (χ4n) is 1.97. The summed E-state index contributed by atoms with van der Waals surface area (Å²) in [6.07, 6.45) is 0. The molecule has 1 N–H and O–H groups in total. The van der Waals surface area contributed by atoms with Crippen LogP contribution in [0.2, 0.25) is 0 Å². The summed E-state index contributed by atoms with van der Waals surface area (Å²) in [7, 11) is 1.60. The molecule has 114 valence electrons. The number of hydrogen-bond donors (Lipinski definition) is 1. The van der Waals surface area contributed by atoms with Crippen LogP contribution >= 0.6 is 11.8 Å². The highest BCUT2D eigenvalue weighted by Crippen LogP contribution is 2.26. The number of fused-ring (bicyclic) bond motifs is 1. The molecule has 0 bridgehead atoms. The number of hydrogen-bond acceptors (Lipinski definition) is 5. The summed E-state index contributed by atoms with van der Waals surface area (Å²) >= 11 is 1.21. The van der Waals surface area contributed by atoms with Crippen molar-refractivity contribution in [2.75, 3.05) is 26.1 Å². The van der Waals surface area contributed by atoms with Gasteiger partial charge in [0, 0.05) is 19.2 Å². The topological polar surface area (TPSA) is 73.6 Å². The lowest BCUT2D eigenvalue weighted by atomic mass is 10.3. The van der Waals surface area contributed by atoms with Crippen molar-refractivity contribution in [3.8, 4) is 5.75 Å². The molecule has 1 aromatic carbocycles. The first-order chi connectivity index (χ1) is 10.2. The average Bonchev–Trinajstić information content (AvgIpc) is 2.82. The molecule has 0 amide bonds. The van der Waals surface area contributed by atoms with Gasteiger partial charge in [0.25, 0.3) is 0 Å². The molecule has 1 aromatic heterocycles. The monoisotopic (exact) mass is 310 g/mol. The van der Waals surface area contributed by atoms with Crippen LogP contribution in [0.1, 0.15) is 6.92 Å². The lowest BCUT2D eigenvalue weighted by molar-refractivity contribution is -0.133. The van der Waals surface area contributed by atoms with Crippen molar-refractivity contribution in [1.82, 2.24) is 9.55 Å². The first kappa shape index (κ1) is 15.7. The zero-order valence-electron chi connectivity index (χ0n) is 12.0.